The van der Waals surface area contributed by atoms with Crippen LogP contribution in [0.5, 0.6) is 0 Å². The molecule has 0 fully saturated rings. The first kappa shape index (κ1) is 27.3. The van der Waals surface area contributed by atoms with Crippen LogP contribution >= 0.6 is 0 Å². The highest BCUT2D eigenvalue weighted by molar-refractivity contribution is 5.46. The Labute approximate surface area is 192 Å². The molecule has 0 amide bonds. The molecular weight excluding hydrogens is 441 g/mol. The standard InChI is InChI=1S/C25H32F5NO2/c1-6-18-10-8-9-17(13-19(18)7-2)15-31-22(32)24(26,27)20-11-12-23(5,33-16(3)4)14-21(20)25(28,29)30/h8,10-11,13-14,16,22,31-32H,6-7,12,15H2,1-5H3. The van der Waals surface area contributed by atoms with E-state index in [1.165, 1.54) is 6.92 Å². The maximum absolute atomic E-state index is 15.1. The highest BCUT2D eigenvalue weighted by Gasteiger charge is 2.52. The summed E-state index contributed by atoms with van der Waals surface area (Å²) < 4.78 is 76.8. The van der Waals surface area contributed by atoms with Crippen molar-refractivity contribution in [3.8, 4) is 0 Å². The minimum absolute atomic E-state index is 0.176. The van der Waals surface area contributed by atoms with Crippen molar-refractivity contribution < 1.29 is 31.8 Å². The van der Waals surface area contributed by atoms with E-state index >= 15 is 8.78 Å². The van der Waals surface area contributed by atoms with Gasteiger partial charge in [0.2, 0.25) is 0 Å². The molecule has 0 aliphatic heterocycles. The van der Waals surface area contributed by atoms with Gasteiger partial charge in [0, 0.05) is 17.7 Å². The quantitative estimate of drug-likeness (QED) is 0.235. The van der Waals surface area contributed by atoms with Crippen LogP contribution in [-0.4, -0.2) is 41.7 Å². The summed E-state index contributed by atoms with van der Waals surface area (Å²) in [5, 5.41) is 12.5. The monoisotopic (exact) mass is 473 g/mol. The molecule has 0 spiro atoms. The summed E-state index contributed by atoms with van der Waals surface area (Å²) in [5.41, 5.74) is 1.44. The van der Waals surface area contributed by atoms with Crippen LogP contribution in [0.3, 0.4) is 0 Å². The lowest BCUT2D eigenvalue weighted by Gasteiger charge is -2.36. The van der Waals surface area contributed by atoms with E-state index in [4.69, 9.17) is 4.74 Å². The van der Waals surface area contributed by atoms with E-state index < -0.39 is 41.2 Å². The summed E-state index contributed by atoms with van der Waals surface area (Å²) in [7, 11) is 0. The number of ether oxygens (including phenoxy) is 1. The van der Waals surface area contributed by atoms with E-state index in [9.17, 15) is 18.3 Å². The summed E-state index contributed by atoms with van der Waals surface area (Å²) in [5.74, 6) is -4.18. The Morgan fingerprint density at radius 3 is 2.30 bits per heavy atom. The molecule has 33 heavy (non-hydrogen) atoms. The van der Waals surface area contributed by atoms with Gasteiger partial charge in [-0.3, -0.25) is 5.32 Å². The molecule has 0 saturated heterocycles. The fourth-order valence-electron chi connectivity index (χ4n) is 3.99. The first-order chi connectivity index (χ1) is 15.2. The molecule has 0 radical (unpaired) electrons. The number of aliphatic hydroxyl groups excluding tert-OH is 1. The van der Waals surface area contributed by atoms with Gasteiger partial charge in [-0.05, 0) is 69.4 Å². The lowest BCUT2D eigenvalue weighted by atomic mass is 9.84. The predicted molar refractivity (Wildman–Crippen MR) is 119 cm³/mol. The van der Waals surface area contributed by atoms with Gasteiger partial charge in [0.15, 0.2) is 6.23 Å². The highest BCUT2D eigenvalue weighted by Crippen LogP contribution is 2.45. The third-order valence-corrected chi connectivity index (χ3v) is 5.53. The second kappa shape index (κ2) is 10.5. The number of alkyl halides is 5. The average molecular weight is 474 g/mol. The topological polar surface area (TPSA) is 41.5 Å². The molecule has 2 rings (SSSR count). The summed E-state index contributed by atoms with van der Waals surface area (Å²) >= 11 is 0. The maximum atomic E-state index is 15.1. The minimum Gasteiger partial charge on any atom is -0.372 e. The van der Waals surface area contributed by atoms with Gasteiger partial charge in [0.1, 0.15) is 0 Å². The SMILES string of the molecule is CCC1=CC=C=C(CNC(O)C(F)(F)C2=CCC(C)(OC(C)C)C=C2C(F)(F)F)C=C1CC. The molecule has 0 aromatic carbocycles. The van der Waals surface area contributed by atoms with Gasteiger partial charge in [-0.1, -0.05) is 26.0 Å². The summed E-state index contributed by atoms with van der Waals surface area (Å²) in [6.45, 7) is 8.50. The van der Waals surface area contributed by atoms with Crippen LogP contribution in [0.25, 0.3) is 0 Å². The van der Waals surface area contributed by atoms with Crippen LogP contribution in [0.4, 0.5) is 22.0 Å². The Bertz CT molecular complexity index is 918. The molecule has 3 nitrogen and oxygen atoms in total. The molecule has 2 aliphatic rings. The normalized spacial score (nSPS) is 22.8. The molecule has 2 unspecified atom stereocenters. The number of hydrogen-bond donors (Lipinski definition) is 2. The van der Waals surface area contributed by atoms with Gasteiger partial charge >= 0.3 is 12.1 Å². The molecule has 2 aliphatic carbocycles. The van der Waals surface area contributed by atoms with E-state index in [0.29, 0.717) is 11.6 Å². The zero-order chi connectivity index (χ0) is 25.0. The Balaban J connectivity index is 2.24. The lowest BCUT2D eigenvalue weighted by molar-refractivity contribution is -0.119. The average Bonchev–Trinajstić information content (AvgIpc) is 2.91. The molecule has 0 aromatic heterocycles. The lowest BCUT2D eigenvalue weighted by Crippen LogP contribution is -2.49. The van der Waals surface area contributed by atoms with Gasteiger partial charge < -0.3 is 9.84 Å². The van der Waals surface area contributed by atoms with Crippen molar-refractivity contribution in [2.75, 3.05) is 6.54 Å². The van der Waals surface area contributed by atoms with Gasteiger partial charge in [0.25, 0.3) is 0 Å². The molecule has 0 aromatic rings. The number of aliphatic hydroxyl groups is 1. The molecular formula is C25H32F5NO2. The predicted octanol–water partition coefficient (Wildman–Crippen LogP) is 6.30. The fourth-order valence-corrected chi connectivity index (χ4v) is 3.99. The number of halogens is 5. The third kappa shape index (κ3) is 6.76. The van der Waals surface area contributed by atoms with Crippen LogP contribution in [-0.2, 0) is 4.74 Å². The second-order valence-corrected chi connectivity index (χ2v) is 8.67. The van der Waals surface area contributed by atoms with E-state index in [1.54, 1.807) is 26.0 Å². The Morgan fingerprint density at radius 2 is 1.76 bits per heavy atom. The fraction of sp³-hybridized carbons (Fsp3) is 0.560. The van der Waals surface area contributed by atoms with Gasteiger partial charge in [-0.25, -0.2) is 0 Å². The van der Waals surface area contributed by atoms with E-state index in [-0.39, 0.29) is 13.0 Å². The molecule has 0 saturated carbocycles. The number of rotatable bonds is 9. The minimum atomic E-state index is -5.04. The van der Waals surface area contributed by atoms with Crippen molar-refractivity contribution in [2.45, 2.75) is 83.9 Å². The Kier molecular flexibility index (Phi) is 8.68. The van der Waals surface area contributed by atoms with Gasteiger partial charge in [-0.15, -0.1) is 5.73 Å². The number of nitrogens with one attached hydrogen (secondary N) is 1. The van der Waals surface area contributed by atoms with Crippen LogP contribution in [0.2, 0.25) is 0 Å². The van der Waals surface area contributed by atoms with Crippen molar-refractivity contribution >= 4 is 0 Å². The molecule has 184 valence electrons. The van der Waals surface area contributed by atoms with E-state index in [1.807, 2.05) is 19.9 Å². The van der Waals surface area contributed by atoms with Crippen LogP contribution in [0.1, 0.15) is 53.9 Å². The van der Waals surface area contributed by atoms with E-state index in [0.717, 1.165) is 30.1 Å². The molecule has 0 heterocycles. The molecule has 0 bridgehead atoms. The van der Waals surface area contributed by atoms with E-state index in [2.05, 4.69) is 11.0 Å². The first-order valence-corrected chi connectivity index (χ1v) is 11.1. The van der Waals surface area contributed by atoms with Gasteiger partial charge in [0.05, 0.1) is 17.3 Å². The van der Waals surface area contributed by atoms with Crippen molar-refractivity contribution in [3.05, 3.63) is 64.0 Å². The smallest absolute Gasteiger partial charge is 0.372 e. The summed E-state index contributed by atoms with van der Waals surface area (Å²) in [6, 6.07) is 0. The second-order valence-electron chi connectivity index (χ2n) is 8.67. The summed E-state index contributed by atoms with van der Waals surface area (Å²) in [4.78, 5) is 0. The van der Waals surface area contributed by atoms with Crippen LogP contribution in [0, 0.1) is 0 Å². The zero-order valence-corrected chi connectivity index (χ0v) is 19.6. The summed E-state index contributed by atoms with van der Waals surface area (Å²) in [6.07, 6.45) is 0.232. The van der Waals surface area contributed by atoms with Crippen molar-refractivity contribution in [1.82, 2.24) is 5.32 Å². The van der Waals surface area contributed by atoms with Crippen LogP contribution in [0.15, 0.2) is 64.0 Å². The Hall–Kier alpha value is -1.99. The number of hydrogen-bond acceptors (Lipinski definition) is 3. The molecule has 8 heteroatoms. The number of allylic oxidation sites excluding steroid dienone is 4. The van der Waals surface area contributed by atoms with Gasteiger partial charge in [-0.2, -0.15) is 22.0 Å². The largest absolute Gasteiger partial charge is 0.416 e. The van der Waals surface area contributed by atoms with Crippen LogP contribution < -0.4 is 5.32 Å². The Morgan fingerprint density at radius 1 is 1.12 bits per heavy atom. The molecule has 2 atom stereocenters. The van der Waals surface area contributed by atoms with Crippen molar-refractivity contribution in [2.24, 2.45) is 0 Å². The third-order valence-electron chi connectivity index (χ3n) is 5.53. The maximum Gasteiger partial charge on any atom is 0.416 e. The highest BCUT2D eigenvalue weighted by atomic mass is 19.4. The van der Waals surface area contributed by atoms with Crippen molar-refractivity contribution in [1.29, 1.82) is 0 Å². The zero-order valence-electron chi connectivity index (χ0n) is 19.6. The molecule has 2 N–H and O–H groups in total. The van der Waals surface area contributed by atoms with Crippen molar-refractivity contribution in [3.63, 3.8) is 0 Å². The first-order valence-electron chi connectivity index (χ1n) is 11.1.